The summed E-state index contributed by atoms with van der Waals surface area (Å²) in [5, 5.41) is 0. The molecule has 1 aromatic heterocycles. The first-order valence-corrected chi connectivity index (χ1v) is 7.25. The zero-order valence-corrected chi connectivity index (χ0v) is 13.1. The van der Waals surface area contributed by atoms with Crippen LogP contribution < -0.4 is 15.2 Å². The first-order chi connectivity index (χ1) is 11.8. The van der Waals surface area contributed by atoms with Gasteiger partial charge in [0.1, 0.15) is 17.3 Å². The fourth-order valence-corrected chi connectivity index (χ4v) is 2.31. The van der Waals surface area contributed by atoms with Crippen molar-refractivity contribution >= 4 is 5.69 Å². The third kappa shape index (κ3) is 4.03. The fraction of sp³-hybridized carbons (Fsp3) is 0.118. The van der Waals surface area contributed by atoms with Crippen LogP contribution in [0.2, 0.25) is 0 Å². The van der Waals surface area contributed by atoms with Crippen molar-refractivity contribution in [1.82, 2.24) is 9.55 Å². The van der Waals surface area contributed by atoms with E-state index in [4.69, 9.17) is 10.5 Å². The van der Waals surface area contributed by atoms with Gasteiger partial charge in [0.2, 0.25) is 0 Å². The minimum Gasteiger partial charge on any atom is -0.455 e. The first kappa shape index (κ1) is 16.7. The molecule has 0 bridgehead atoms. The molecule has 0 unspecified atom stereocenters. The molecule has 0 fully saturated rings. The smallest absolute Gasteiger partial charge is 0.455 e. The molecule has 2 N–H and O–H groups in total. The normalized spacial score (nSPS) is 11.4. The number of ether oxygens (including phenoxy) is 2. The lowest BCUT2D eigenvalue weighted by atomic mass is 10.2. The van der Waals surface area contributed by atoms with Gasteiger partial charge in [-0.2, -0.15) is 0 Å². The average Bonchev–Trinajstić information content (AvgIpc) is 2.92. The molecule has 0 atom stereocenters. The summed E-state index contributed by atoms with van der Waals surface area (Å²) in [6.45, 7) is 1.82. The second kappa shape index (κ2) is 6.39. The molecule has 0 aliphatic heterocycles. The van der Waals surface area contributed by atoms with Crippen LogP contribution in [0.3, 0.4) is 0 Å². The lowest BCUT2D eigenvalue weighted by Gasteiger charge is -2.15. The number of aromatic nitrogens is 2. The van der Waals surface area contributed by atoms with Gasteiger partial charge in [-0.1, -0.05) is 6.07 Å². The SMILES string of the molecule is Cc1nccn1-c1ccc(N)cc1Oc1cccc(OC(F)(F)F)c1. The van der Waals surface area contributed by atoms with Crippen LogP contribution in [-0.4, -0.2) is 15.9 Å². The molecule has 3 rings (SSSR count). The average molecular weight is 349 g/mol. The van der Waals surface area contributed by atoms with E-state index in [1.54, 1.807) is 35.2 Å². The molecule has 0 amide bonds. The first-order valence-electron chi connectivity index (χ1n) is 7.25. The summed E-state index contributed by atoms with van der Waals surface area (Å²) in [5.74, 6) is 0.926. The maximum absolute atomic E-state index is 12.4. The van der Waals surface area contributed by atoms with E-state index in [0.717, 1.165) is 11.9 Å². The molecule has 3 aromatic rings. The largest absolute Gasteiger partial charge is 0.573 e. The Morgan fingerprint density at radius 3 is 2.52 bits per heavy atom. The van der Waals surface area contributed by atoms with Crippen molar-refractivity contribution in [3.05, 3.63) is 60.7 Å². The monoisotopic (exact) mass is 349 g/mol. The number of nitrogens with two attached hydrogens (primary N) is 1. The zero-order chi connectivity index (χ0) is 18.0. The van der Waals surface area contributed by atoms with Crippen molar-refractivity contribution in [2.45, 2.75) is 13.3 Å². The van der Waals surface area contributed by atoms with E-state index < -0.39 is 6.36 Å². The molecule has 130 valence electrons. The number of alkyl halides is 3. The maximum Gasteiger partial charge on any atom is 0.573 e. The second-order valence-electron chi connectivity index (χ2n) is 5.20. The molecule has 5 nitrogen and oxygen atoms in total. The van der Waals surface area contributed by atoms with Crippen LogP contribution in [-0.2, 0) is 0 Å². The number of nitrogen functional groups attached to an aromatic ring is 1. The Bertz CT molecular complexity index is 891. The zero-order valence-electron chi connectivity index (χ0n) is 13.1. The summed E-state index contributed by atoms with van der Waals surface area (Å²) >= 11 is 0. The molecule has 0 spiro atoms. The summed E-state index contributed by atoms with van der Waals surface area (Å²) in [6, 6.07) is 10.3. The van der Waals surface area contributed by atoms with E-state index in [1.165, 1.54) is 18.2 Å². The molecule has 1 heterocycles. The Hall–Kier alpha value is -3.16. The van der Waals surface area contributed by atoms with E-state index >= 15 is 0 Å². The predicted octanol–water partition coefficient (Wildman–Crippen LogP) is 4.45. The van der Waals surface area contributed by atoms with Gasteiger partial charge in [-0.3, -0.25) is 0 Å². The van der Waals surface area contributed by atoms with E-state index in [9.17, 15) is 13.2 Å². The standard InChI is InChI=1S/C17H14F3N3O2/c1-11-22-7-8-23(11)15-6-5-12(21)9-16(15)24-13-3-2-4-14(10-13)25-17(18,19)20/h2-10H,21H2,1H3. The highest BCUT2D eigenvalue weighted by atomic mass is 19.4. The van der Waals surface area contributed by atoms with Crippen LogP contribution in [0.4, 0.5) is 18.9 Å². The predicted molar refractivity (Wildman–Crippen MR) is 85.9 cm³/mol. The minimum absolute atomic E-state index is 0.186. The number of rotatable bonds is 4. The van der Waals surface area contributed by atoms with Crippen LogP contribution >= 0.6 is 0 Å². The lowest BCUT2D eigenvalue weighted by molar-refractivity contribution is -0.274. The van der Waals surface area contributed by atoms with Crippen LogP contribution in [0.5, 0.6) is 17.2 Å². The van der Waals surface area contributed by atoms with Gasteiger partial charge in [-0.05, 0) is 31.2 Å². The number of halogens is 3. The van der Waals surface area contributed by atoms with Crippen molar-refractivity contribution in [2.24, 2.45) is 0 Å². The highest BCUT2D eigenvalue weighted by molar-refractivity contribution is 5.57. The van der Waals surface area contributed by atoms with Crippen LogP contribution in [0.1, 0.15) is 5.82 Å². The quantitative estimate of drug-likeness (QED) is 0.707. The molecule has 25 heavy (non-hydrogen) atoms. The van der Waals surface area contributed by atoms with Crippen LogP contribution in [0.25, 0.3) is 5.69 Å². The van der Waals surface area contributed by atoms with Crippen LogP contribution in [0.15, 0.2) is 54.9 Å². The number of nitrogens with zero attached hydrogens (tertiary/aromatic N) is 2. The Labute approximate surface area is 141 Å². The van der Waals surface area contributed by atoms with Gasteiger partial charge >= 0.3 is 6.36 Å². The van der Waals surface area contributed by atoms with Crippen molar-refractivity contribution in [2.75, 3.05) is 5.73 Å². The van der Waals surface area contributed by atoms with Gasteiger partial charge < -0.3 is 19.8 Å². The molecule has 8 heteroatoms. The van der Waals surface area contributed by atoms with Gasteiger partial charge in [0.15, 0.2) is 5.75 Å². The maximum atomic E-state index is 12.4. The molecule has 0 aliphatic rings. The third-order valence-corrected chi connectivity index (χ3v) is 3.34. The minimum atomic E-state index is -4.77. The van der Waals surface area contributed by atoms with Crippen molar-refractivity contribution < 1.29 is 22.6 Å². The highest BCUT2D eigenvalue weighted by Crippen LogP contribution is 2.33. The van der Waals surface area contributed by atoms with Gasteiger partial charge in [0.05, 0.1) is 5.69 Å². The van der Waals surface area contributed by atoms with Crippen molar-refractivity contribution in [3.8, 4) is 22.9 Å². The summed E-state index contributed by atoms with van der Waals surface area (Å²) < 4.78 is 48.5. The molecular weight excluding hydrogens is 335 g/mol. The fourth-order valence-electron chi connectivity index (χ4n) is 2.31. The number of benzene rings is 2. The third-order valence-electron chi connectivity index (χ3n) is 3.34. The Balaban J connectivity index is 1.95. The lowest BCUT2D eigenvalue weighted by Crippen LogP contribution is -2.17. The summed E-state index contributed by atoms with van der Waals surface area (Å²) in [5.41, 5.74) is 6.92. The van der Waals surface area contributed by atoms with E-state index in [2.05, 4.69) is 9.72 Å². The van der Waals surface area contributed by atoms with Gasteiger partial charge in [-0.15, -0.1) is 13.2 Å². The summed E-state index contributed by atoms with van der Waals surface area (Å²) in [7, 11) is 0. The van der Waals surface area contributed by atoms with Crippen LogP contribution in [0, 0.1) is 6.92 Å². The Morgan fingerprint density at radius 1 is 1.08 bits per heavy atom. The second-order valence-corrected chi connectivity index (χ2v) is 5.20. The summed E-state index contributed by atoms with van der Waals surface area (Å²) in [4.78, 5) is 4.15. The number of hydrogen-bond donors (Lipinski definition) is 1. The van der Waals surface area contributed by atoms with Gasteiger partial charge in [0, 0.05) is 30.2 Å². The molecule has 0 radical (unpaired) electrons. The van der Waals surface area contributed by atoms with Gasteiger partial charge in [-0.25, -0.2) is 4.98 Å². The van der Waals surface area contributed by atoms with E-state index in [1.807, 2.05) is 6.92 Å². The molecule has 2 aromatic carbocycles. The number of anilines is 1. The molecule has 0 aliphatic carbocycles. The number of imidazole rings is 1. The van der Waals surface area contributed by atoms with Crippen molar-refractivity contribution in [3.63, 3.8) is 0 Å². The molecule has 0 saturated heterocycles. The molecular formula is C17H14F3N3O2. The topological polar surface area (TPSA) is 62.3 Å². The Kier molecular flexibility index (Phi) is 4.26. The van der Waals surface area contributed by atoms with Gasteiger partial charge in [0.25, 0.3) is 0 Å². The van der Waals surface area contributed by atoms with E-state index in [-0.39, 0.29) is 11.5 Å². The molecule has 0 saturated carbocycles. The van der Waals surface area contributed by atoms with E-state index in [0.29, 0.717) is 17.1 Å². The highest BCUT2D eigenvalue weighted by Gasteiger charge is 2.31. The number of hydrogen-bond acceptors (Lipinski definition) is 4. The Morgan fingerprint density at radius 2 is 1.84 bits per heavy atom. The summed E-state index contributed by atoms with van der Waals surface area (Å²) in [6.07, 6.45) is -1.39. The number of aryl methyl sites for hydroxylation is 1. The van der Waals surface area contributed by atoms with Crippen molar-refractivity contribution in [1.29, 1.82) is 0 Å².